The molecular formula is C14H16F3NO3. The monoisotopic (exact) mass is 303 g/mol. The molecule has 0 aromatic heterocycles. The SMILES string of the molecule is O=C(NCC(O)COCC1CC1)c1c(F)cc(F)cc1F. The van der Waals surface area contributed by atoms with Gasteiger partial charge in [0, 0.05) is 25.3 Å². The molecule has 4 nitrogen and oxygen atoms in total. The summed E-state index contributed by atoms with van der Waals surface area (Å²) in [7, 11) is 0. The van der Waals surface area contributed by atoms with Gasteiger partial charge in [0.25, 0.3) is 5.91 Å². The van der Waals surface area contributed by atoms with E-state index in [1.165, 1.54) is 0 Å². The number of benzene rings is 1. The fourth-order valence-corrected chi connectivity index (χ4v) is 1.77. The Morgan fingerprint density at radius 2 is 1.95 bits per heavy atom. The summed E-state index contributed by atoms with van der Waals surface area (Å²) in [6.07, 6.45) is 1.27. The summed E-state index contributed by atoms with van der Waals surface area (Å²) in [4.78, 5) is 11.6. The number of nitrogens with one attached hydrogen (secondary N) is 1. The maximum absolute atomic E-state index is 13.4. The second-order valence-electron chi connectivity index (χ2n) is 5.09. The summed E-state index contributed by atoms with van der Waals surface area (Å²) in [5.41, 5.74) is -0.873. The van der Waals surface area contributed by atoms with Crippen LogP contribution >= 0.6 is 0 Å². The van der Waals surface area contributed by atoms with E-state index >= 15 is 0 Å². The molecule has 2 rings (SSSR count). The molecule has 7 heteroatoms. The molecule has 1 atom stereocenters. The predicted molar refractivity (Wildman–Crippen MR) is 68.2 cm³/mol. The average Bonchev–Trinajstić information content (AvgIpc) is 3.19. The summed E-state index contributed by atoms with van der Waals surface area (Å²) < 4.78 is 44.7. The quantitative estimate of drug-likeness (QED) is 0.805. The molecule has 0 aliphatic heterocycles. The van der Waals surface area contributed by atoms with Gasteiger partial charge in [-0.25, -0.2) is 13.2 Å². The van der Waals surface area contributed by atoms with Crippen LogP contribution in [0.3, 0.4) is 0 Å². The topological polar surface area (TPSA) is 58.6 Å². The zero-order valence-electron chi connectivity index (χ0n) is 11.2. The smallest absolute Gasteiger partial charge is 0.257 e. The molecule has 2 N–H and O–H groups in total. The van der Waals surface area contributed by atoms with Gasteiger partial charge in [-0.3, -0.25) is 4.79 Å². The molecule has 0 radical (unpaired) electrons. The number of hydrogen-bond acceptors (Lipinski definition) is 3. The molecule has 1 saturated carbocycles. The Hall–Kier alpha value is -1.60. The van der Waals surface area contributed by atoms with E-state index in [0.29, 0.717) is 24.7 Å². The molecule has 1 fully saturated rings. The molecule has 1 amide bonds. The van der Waals surface area contributed by atoms with Crippen molar-refractivity contribution in [1.29, 1.82) is 0 Å². The minimum Gasteiger partial charge on any atom is -0.389 e. The zero-order valence-corrected chi connectivity index (χ0v) is 11.2. The van der Waals surface area contributed by atoms with Crippen molar-refractivity contribution < 1.29 is 27.8 Å². The number of rotatable bonds is 7. The van der Waals surface area contributed by atoms with Gasteiger partial charge < -0.3 is 15.2 Å². The Bertz CT molecular complexity index is 497. The predicted octanol–water partition coefficient (Wildman–Crippen LogP) is 1.62. The fraction of sp³-hybridized carbons (Fsp3) is 0.500. The van der Waals surface area contributed by atoms with Gasteiger partial charge in [0.2, 0.25) is 0 Å². The van der Waals surface area contributed by atoms with E-state index in [1.54, 1.807) is 0 Å². The van der Waals surface area contributed by atoms with Crippen molar-refractivity contribution in [1.82, 2.24) is 5.32 Å². The summed E-state index contributed by atoms with van der Waals surface area (Å²) >= 11 is 0. The van der Waals surface area contributed by atoms with Gasteiger partial charge >= 0.3 is 0 Å². The number of aliphatic hydroxyl groups excluding tert-OH is 1. The maximum Gasteiger partial charge on any atom is 0.257 e. The van der Waals surface area contributed by atoms with Crippen molar-refractivity contribution in [2.24, 2.45) is 5.92 Å². The second-order valence-corrected chi connectivity index (χ2v) is 5.09. The lowest BCUT2D eigenvalue weighted by atomic mass is 10.1. The molecule has 1 aliphatic carbocycles. The Balaban J connectivity index is 1.80. The number of carbonyl (C=O) groups excluding carboxylic acids is 1. The molecule has 0 bridgehead atoms. The Kier molecular flexibility index (Phi) is 5.19. The van der Waals surface area contributed by atoms with Crippen molar-refractivity contribution in [2.75, 3.05) is 19.8 Å². The largest absolute Gasteiger partial charge is 0.389 e. The molecule has 116 valence electrons. The van der Waals surface area contributed by atoms with E-state index in [4.69, 9.17) is 4.74 Å². The highest BCUT2D eigenvalue weighted by Gasteiger charge is 2.22. The lowest BCUT2D eigenvalue weighted by Crippen LogP contribution is -2.35. The molecule has 1 aromatic rings. The van der Waals surface area contributed by atoms with Crippen molar-refractivity contribution in [3.8, 4) is 0 Å². The number of amides is 1. The maximum atomic E-state index is 13.4. The van der Waals surface area contributed by atoms with Crippen molar-refractivity contribution in [3.05, 3.63) is 35.1 Å². The highest BCUT2D eigenvalue weighted by atomic mass is 19.1. The number of halogens is 3. The van der Waals surface area contributed by atoms with Crippen LogP contribution in [-0.2, 0) is 4.74 Å². The summed E-state index contributed by atoms with van der Waals surface area (Å²) in [6, 6.07) is 0.848. The van der Waals surface area contributed by atoms with Crippen LogP contribution in [0.4, 0.5) is 13.2 Å². The first kappa shape index (κ1) is 15.8. The highest BCUT2D eigenvalue weighted by Crippen LogP contribution is 2.28. The van der Waals surface area contributed by atoms with E-state index in [0.717, 1.165) is 12.8 Å². The first-order valence-electron chi connectivity index (χ1n) is 6.66. The number of aliphatic hydroxyl groups is 1. The van der Waals surface area contributed by atoms with Gasteiger partial charge in [-0.1, -0.05) is 0 Å². The third-order valence-corrected chi connectivity index (χ3v) is 3.09. The third-order valence-electron chi connectivity index (χ3n) is 3.09. The van der Waals surface area contributed by atoms with Crippen LogP contribution in [0.2, 0.25) is 0 Å². The van der Waals surface area contributed by atoms with Gasteiger partial charge in [0.1, 0.15) is 23.0 Å². The van der Waals surface area contributed by atoms with E-state index in [9.17, 15) is 23.1 Å². The molecule has 1 aromatic carbocycles. The van der Waals surface area contributed by atoms with Crippen LogP contribution in [0.5, 0.6) is 0 Å². The number of hydrogen-bond donors (Lipinski definition) is 2. The Morgan fingerprint density at radius 1 is 1.33 bits per heavy atom. The lowest BCUT2D eigenvalue weighted by molar-refractivity contribution is 0.0320. The summed E-state index contributed by atoms with van der Waals surface area (Å²) in [5.74, 6) is -4.18. The molecule has 0 saturated heterocycles. The van der Waals surface area contributed by atoms with Crippen LogP contribution in [0.15, 0.2) is 12.1 Å². The molecule has 0 spiro atoms. The number of carbonyl (C=O) groups is 1. The Morgan fingerprint density at radius 3 is 2.52 bits per heavy atom. The van der Waals surface area contributed by atoms with Gasteiger partial charge in [-0.05, 0) is 18.8 Å². The van der Waals surface area contributed by atoms with Gasteiger partial charge in [-0.15, -0.1) is 0 Å². The fourth-order valence-electron chi connectivity index (χ4n) is 1.77. The minimum absolute atomic E-state index is 0.0329. The van der Waals surface area contributed by atoms with Crippen LogP contribution in [-0.4, -0.2) is 36.9 Å². The third kappa shape index (κ3) is 4.71. The second kappa shape index (κ2) is 6.91. The standard InChI is InChI=1S/C14H16F3NO3/c15-9-3-11(16)13(12(17)4-9)14(20)18-5-10(19)7-21-6-8-1-2-8/h3-4,8,10,19H,1-2,5-7H2,(H,18,20). The van der Waals surface area contributed by atoms with Gasteiger partial charge in [0.15, 0.2) is 0 Å². The normalized spacial score (nSPS) is 15.8. The summed E-state index contributed by atoms with van der Waals surface area (Å²) in [6.45, 7) is 0.386. The first-order valence-corrected chi connectivity index (χ1v) is 6.66. The highest BCUT2D eigenvalue weighted by molar-refractivity contribution is 5.94. The minimum atomic E-state index is -1.29. The first-order chi connectivity index (χ1) is 9.97. The van der Waals surface area contributed by atoms with Gasteiger partial charge in [0.05, 0.1) is 12.7 Å². The van der Waals surface area contributed by atoms with E-state index < -0.39 is 35.0 Å². The Labute approximate surface area is 119 Å². The van der Waals surface area contributed by atoms with Crippen molar-refractivity contribution >= 4 is 5.91 Å². The van der Waals surface area contributed by atoms with Gasteiger partial charge in [-0.2, -0.15) is 0 Å². The van der Waals surface area contributed by atoms with Crippen LogP contribution in [0, 0.1) is 23.4 Å². The van der Waals surface area contributed by atoms with E-state index in [2.05, 4.69) is 5.32 Å². The average molecular weight is 303 g/mol. The lowest BCUT2D eigenvalue weighted by Gasteiger charge is -2.13. The zero-order chi connectivity index (χ0) is 15.4. The molecule has 21 heavy (non-hydrogen) atoms. The molecule has 0 heterocycles. The number of ether oxygens (including phenoxy) is 1. The van der Waals surface area contributed by atoms with Crippen molar-refractivity contribution in [3.63, 3.8) is 0 Å². The van der Waals surface area contributed by atoms with Crippen LogP contribution < -0.4 is 5.32 Å². The molecule has 1 unspecified atom stereocenters. The molecular weight excluding hydrogens is 287 g/mol. The van der Waals surface area contributed by atoms with Crippen molar-refractivity contribution in [2.45, 2.75) is 18.9 Å². The summed E-state index contributed by atoms with van der Waals surface area (Å²) in [5, 5.41) is 11.8. The van der Waals surface area contributed by atoms with E-state index in [1.807, 2.05) is 0 Å². The van der Waals surface area contributed by atoms with E-state index in [-0.39, 0.29) is 13.2 Å². The van der Waals surface area contributed by atoms with Crippen LogP contribution in [0.1, 0.15) is 23.2 Å². The van der Waals surface area contributed by atoms with Crippen LogP contribution in [0.25, 0.3) is 0 Å². The molecule has 1 aliphatic rings.